The van der Waals surface area contributed by atoms with Crippen LogP contribution in [-0.4, -0.2) is 27.6 Å². The summed E-state index contributed by atoms with van der Waals surface area (Å²) < 4.78 is 21.0. The Morgan fingerprint density at radius 3 is 2.46 bits per heavy atom. The minimum absolute atomic E-state index is 0.292. The van der Waals surface area contributed by atoms with Crippen LogP contribution in [-0.2, 0) is 4.74 Å². The van der Waals surface area contributed by atoms with Gasteiger partial charge in [0.25, 0.3) is 0 Å². The van der Waals surface area contributed by atoms with Crippen LogP contribution >= 0.6 is 0 Å². The van der Waals surface area contributed by atoms with Crippen molar-refractivity contribution in [2.45, 2.75) is 0 Å². The van der Waals surface area contributed by atoms with Crippen molar-refractivity contribution in [3.63, 3.8) is 0 Å². The zero-order valence-electron chi connectivity index (χ0n) is 13.9. The third kappa shape index (κ3) is 2.71. The fourth-order valence-electron chi connectivity index (χ4n) is 2.87. The summed E-state index contributed by atoms with van der Waals surface area (Å²) in [6.07, 6.45) is 4.90. The van der Waals surface area contributed by atoms with E-state index >= 15 is 0 Å². The molecule has 0 aliphatic heterocycles. The average Bonchev–Trinajstić information content (AvgIpc) is 3.13. The Labute approximate surface area is 148 Å². The summed E-state index contributed by atoms with van der Waals surface area (Å²) in [5.74, 6) is -0.794. The quantitative estimate of drug-likeness (QED) is 0.525. The number of nitrogens with zero attached hydrogens (tertiary/aromatic N) is 3. The average molecular weight is 347 g/mol. The molecule has 0 fully saturated rings. The standard InChI is InChI=1S/C20H14FN3O2/c1-26-20(25)14-2-4-16(5-3-14)24-12-23-19-17(21)10-15(11-18(19)24)13-6-8-22-9-7-13/h2-12H,1H3. The number of pyridine rings is 1. The number of ether oxygens (including phenoxy) is 1. The van der Waals surface area contributed by atoms with Gasteiger partial charge in [-0.3, -0.25) is 9.55 Å². The second-order valence-electron chi connectivity index (χ2n) is 5.71. The monoisotopic (exact) mass is 347 g/mol. The van der Waals surface area contributed by atoms with Gasteiger partial charge in [-0.25, -0.2) is 14.2 Å². The van der Waals surface area contributed by atoms with E-state index in [1.54, 1.807) is 47.6 Å². The van der Waals surface area contributed by atoms with Gasteiger partial charge in [0.1, 0.15) is 11.8 Å². The Kier molecular flexibility index (Phi) is 3.93. The van der Waals surface area contributed by atoms with Gasteiger partial charge < -0.3 is 4.74 Å². The Balaban J connectivity index is 1.83. The highest BCUT2D eigenvalue weighted by molar-refractivity contribution is 5.89. The van der Waals surface area contributed by atoms with E-state index in [2.05, 4.69) is 9.97 Å². The summed E-state index contributed by atoms with van der Waals surface area (Å²) in [4.78, 5) is 19.8. The van der Waals surface area contributed by atoms with Crippen LogP contribution in [0.5, 0.6) is 0 Å². The summed E-state index contributed by atoms with van der Waals surface area (Å²) in [5.41, 5.74) is 3.76. The molecule has 128 valence electrons. The molecule has 0 unspecified atom stereocenters. The van der Waals surface area contributed by atoms with Gasteiger partial charge in [-0.05, 0) is 59.7 Å². The molecule has 4 aromatic rings. The molecular formula is C20H14FN3O2. The largest absolute Gasteiger partial charge is 0.465 e. The lowest BCUT2D eigenvalue weighted by Gasteiger charge is -2.08. The molecule has 2 aromatic heterocycles. The van der Waals surface area contributed by atoms with E-state index in [0.29, 0.717) is 16.6 Å². The first-order valence-corrected chi connectivity index (χ1v) is 7.93. The van der Waals surface area contributed by atoms with Gasteiger partial charge in [-0.2, -0.15) is 0 Å². The Morgan fingerprint density at radius 2 is 1.77 bits per heavy atom. The van der Waals surface area contributed by atoms with Crippen molar-refractivity contribution >= 4 is 17.0 Å². The molecule has 2 heterocycles. The number of methoxy groups -OCH3 is 1. The first kappa shape index (κ1) is 16.0. The number of carbonyl (C=O) groups excluding carboxylic acids is 1. The van der Waals surface area contributed by atoms with Crippen molar-refractivity contribution in [2.24, 2.45) is 0 Å². The van der Waals surface area contributed by atoms with Gasteiger partial charge >= 0.3 is 5.97 Å². The summed E-state index contributed by atoms with van der Waals surface area (Å²) in [6, 6.07) is 13.9. The maximum atomic E-state index is 14.5. The highest BCUT2D eigenvalue weighted by Crippen LogP contribution is 2.28. The van der Waals surface area contributed by atoms with E-state index in [0.717, 1.165) is 16.8 Å². The van der Waals surface area contributed by atoms with Crippen molar-refractivity contribution in [1.29, 1.82) is 0 Å². The van der Waals surface area contributed by atoms with Crippen LogP contribution in [0.1, 0.15) is 10.4 Å². The van der Waals surface area contributed by atoms with Gasteiger partial charge in [-0.15, -0.1) is 0 Å². The van der Waals surface area contributed by atoms with Crippen molar-refractivity contribution in [3.8, 4) is 16.8 Å². The summed E-state index contributed by atoms with van der Waals surface area (Å²) in [7, 11) is 1.34. The molecule has 0 saturated carbocycles. The number of esters is 1. The van der Waals surface area contributed by atoms with Crippen molar-refractivity contribution in [1.82, 2.24) is 14.5 Å². The van der Waals surface area contributed by atoms with E-state index in [1.807, 2.05) is 18.2 Å². The van der Waals surface area contributed by atoms with E-state index in [9.17, 15) is 9.18 Å². The molecule has 0 atom stereocenters. The predicted molar refractivity (Wildman–Crippen MR) is 95.6 cm³/mol. The number of imidazole rings is 1. The van der Waals surface area contributed by atoms with E-state index in [1.165, 1.54) is 13.2 Å². The number of hydrogen-bond acceptors (Lipinski definition) is 4. The molecule has 4 rings (SSSR count). The van der Waals surface area contributed by atoms with Gasteiger partial charge in [0, 0.05) is 18.1 Å². The summed E-state index contributed by atoms with van der Waals surface area (Å²) in [5, 5.41) is 0. The van der Waals surface area contributed by atoms with Crippen molar-refractivity contribution < 1.29 is 13.9 Å². The number of halogens is 1. The molecule has 0 N–H and O–H groups in total. The molecule has 6 heteroatoms. The summed E-state index contributed by atoms with van der Waals surface area (Å²) in [6.45, 7) is 0. The first-order chi connectivity index (χ1) is 12.7. The molecule has 0 radical (unpaired) electrons. The number of benzene rings is 2. The minimum Gasteiger partial charge on any atom is -0.465 e. The fraction of sp³-hybridized carbons (Fsp3) is 0.0500. The maximum Gasteiger partial charge on any atom is 0.337 e. The highest BCUT2D eigenvalue weighted by atomic mass is 19.1. The number of fused-ring (bicyclic) bond motifs is 1. The Bertz CT molecular complexity index is 1090. The van der Waals surface area contributed by atoms with Crippen LogP contribution in [0.3, 0.4) is 0 Å². The SMILES string of the molecule is COC(=O)c1ccc(-n2cnc3c(F)cc(-c4ccncc4)cc32)cc1. The number of carbonyl (C=O) groups is 1. The normalized spacial score (nSPS) is 10.8. The Hall–Kier alpha value is -3.54. The zero-order chi connectivity index (χ0) is 18.1. The molecule has 0 amide bonds. The molecule has 5 nitrogen and oxygen atoms in total. The molecule has 0 aliphatic carbocycles. The Morgan fingerprint density at radius 1 is 1.04 bits per heavy atom. The number of aromatic nitrogens is 3. The maximum absolute atomic E-state index is 14.5. The van der Waals surface area contributed by atoms with Gasteiger partial charge in [-0.1, -0.05) is 0 Å². The van der Waals surface area contributed by atoms with Gasteiger partial charge in [0.2, 0.25) is 0 Å². The molecule has 26 heavy (non-hydrogen) atoms. The van der Waals surface area contributed by atoms with Gasteiger partial charge in [0.15, 0.2) is 5.82 Å². The lowest BCUT2D eigenvalue weighted by Crippen LogP contribution is -2.01. The second-order valence-corrected chi connectivity index (χ2v) is 5.71. The van der Waals surface area contributed by atoms with Crippen molar-refractivity contribution in [2.75, 3.05) is 7.11 Å². The minimum atomic E-state index is -0.405. The van der Waals surface area contributed by atoms with E-state index < -0.39 is 5.97 Å². The van der Waals surface area contributed by atoms with Crippen LogP contribution in [0.25, 0.3) is 27.8 Å². The lowest BCUT2D eigenvalue weighted by molar-refractivity contribution is 0.0601. The molecule has 0 aliphatic rings. The third-order valence-electron chi connectivity index (χ3n) is 4.19. The third-order valence-corrected chi connectivity index (χ3v) is 4.19. The van der Waals surface area contributed by atoms with Crippen LogP contribution in [0.4, 0.5) is 4.39 Å². The predicted octanol–water partition coefficient (Wildman–Crippen LogP) is 4.01. The molecule has 0 saturated heterocycles. The van der Waals surface area contributed by atoms with Crippen LogP contribution in [0.15, 0.2) is 67.3 Å². The van der Waals surface area contributed by atoms with Crippen LogP contribution in [0, 0.1) is 5.82 Å². The number of hydrogen-bond donors (Lipinski definition) is 0. The molecule has 0 bridgehead atoms. The number of rotatable bonds is 3. The molecule has 2 aromatic carbocycles. The summed E-state index contributed by atoms with van der Waals surface area (Å²) >= 11 is 0. The van der Waals surface area contributed by atoms with E-state index in [4.69, 9.17) is 4.74 Å². The first-order valence-electron chi connectivity index (χ1n) is 7.93. The van der Waals surface area contributed by atoms with Crippen LogP contribution in [0.2, 0.25) is 0 Å². The van der Waals surface area contributed by atoms with Gasteiger partial charge in [0.05, 0.1) is 18.2 Å². The zero-order valence-corrected chi connectivity index (χ0v) is 13.9. The molecular weight excluding hydrogens is 333 g/mol. The second kappa shape index (κ2) is 6.40. The fourth-order valence-corrected chi connectivity index (χ4v) is 2.87. The smallest absolute Gasteiger partial charge is 0.337 e. The topological polar surface area (TPSA) is 57.0 Å². The molecule has 0 spiro atoms. The van der Waals surface area contributed by atoms with E-state index in [-0.39, 0.29) is 5.82 Å². The van der Waals surface area contributed by atoms with Crippen molar-refractivity contribution in [3.05, 3.63) is 78.6 Å². The van der Waals surface area contributed by atoms with Crippen LogP contribution < -0.4 is 0 Å². The lowest BCUT2D eigenvalue weighted by atomic mass is 10.1. The highest BCUT2D eigenvalue weighted by Gasteiger charge is 2.13.